The molecule has 0 aliphatic heterocycles. The molecule has 0 aliphatic rings. The Kier molecular flexibility index (Phi) is 5.56. The standard InChI is InChI=1S/C14H25N3O/c1-11-9-12(2)15-14(13(11)10-18)17(5)8-6-7-16(3)4/h9,18H,6-8,10H2,1-5H3. The lowest BCUT2D eigenvalue weighted by Gasteiger charge is -2.23. The molecule has 1 aromatic rings. The number of anilines is 1. The second-order valence-corrected chi connectivity index (χ2v) is 5.12. The van der Waals surface area contributed by atoms with Gasteiger partial charge in [-0.1, -0.05) is 0 Å². The minimum Gasteiger partial charge on any atom is -0.392 e. The fourth-order valence-corrected chi connectivity index (χ4v) is 2.08. The van der Waals surface area contributed by atoms with Gasteiger partial charge in [-0.3, -0.25) is 0 Å². The molecule has 4 nitrogen and oxygen atoms in total. The lowest BCUT2D eigenvalue weighted by molar-refractivity contribution is 0.280. The van der Waals surface area contributed by atoms with E-state index in [0.717, 1.165) is 42.1 Å². The molecule has 0 aliphatic carbocycles. The van der Waals surface area contributed by atoms with Crippen LogP contribution in [0.4, 0.5) is 5.82 Å². The molecule has 1 aromatic heterocycles. The molecule has 0 unspecified atom stereocenters. The van der Waals surface area contributed by atoms with E-state index in [1.807, 2.05) is 27.0 Å². The maximum atomic E-state index is 9.48. The molecule has 0 spiro atoms. The van der Waals surface area contributed by atoms with Gasteiger partial charge < -0.3 is 14.9 Å². The van der Waals surface area contributed by atoms with Gasteiger partial charge in [0.05, 0.1) is 6.61 Å². The monoisotopic (exact) mass is 251 g/mol. The smallest absolute Gasteiger partial charge is 0.134 e. The van der Waals surface area contributed by atoms with Crippen molar-refractivity contribution in [2.45, 2.75) is 26.9 Å². The number of aromatic nitrogens is 1. The minimum atomic E-state index is 0.0481. The van der Waals surface area contributed by atoms with Crippen molar-refractivity contribution in [2.24, 2.45) is 0 Å². The van der Waals surface area contributed by atoms with Gasteiger partial charge in [-0.15, -0.1) is 0 Å². The topological polar surface area (TPSA) is 39.6 Å². The van der Waals surface area contributed by atoms with E-state index in [1.54, 1.807) is 0 Å². The summed E-state index contributed by atoms with van der Waals surface area (Å²) < 4.78 is 0. The quantitative estimate of drug-likeness (QED) is 0.833. The summed E-state index contributed by atoms with van der Waals surface area (Å²) in [5, 5.41) is 9.48. The Labute approximate surface area is 110 Å². The summed E-state index contributed by atoms with van der Waals surface area (Å²) in [4.78, 5) is 8.87. The van der Waals surface area contributed by atoms with Crippen LogP contribution in [0.3, 0.4) is 0 Å². The minimum absolute atomic E-state index is 0.0481. The third-order valence-corrected chi connectivity index (χ3v) is 3.07. The predicted molar refractivity (Wildman–Crippen MR) is 76.1 cm³/mol. The summed E-state index contributed by atoms with van der Waals surface area (Å²) in [6.45, 7) is 6.07. The largest absolute Gasteiger partial charge is 0.392 e. The van der Waals surface area contributed by atoms with Crippen molar-refractivity contribution in [3.8, 4) is 0 Å². The Morgan fingerprint density at radius 1 is 1.17 bits per heavy atom. The van der Waals surface area contributed by atoms with Crippen molar-refractivity contribution in [1.82, 2.24) is 9.88 Å². The van der Waals surface area contributed by atoms with E-state index in [2.05, 4.69) is 28.9 Å². The van der Waals surface area contributed by atoms with Crippen LogP contribution in [0.5, 0.6) is 0 Å². The van der Waals surface area contributed by atoms with Crippen LogP contribution in [-0.4, -0.2) is 49.2 Å². The lowest BCUT2D eigenvalue weighted by atomic mass is 10.1. The summed E-state index contributed by atoms with van der Waals surface area (Å²) in [5.74, 6) is 0.911. The molecule has 0 saturated heterocycles. The molecule has 0 bridgehead atoms. The number of nitrogens with zero attached hydrogens (tertiary/aromatic N) is 3. The first-order valence-electron chi connectivity index (χ1n) is 6.39. The highest BCUT2D eigenvalue weighted by atomic mass is 16.3. The molecule has 4 heteroatoms. The van der Waals surface area contributed by atoms with Gasteiger partial charge in [0.25, 0.3) is 0 Å². The van der Waals surface area contributed by atoms with Crippen molar-refractivity contribution in [1.29, 1.82) is 0 Å². The van der Waals surface area contributed by atoms with Crippen LogP contribution in [0, 0.1) is 13.8 Å². The Balaban J connectivity index is 2.80. The molecule has 0 fully saturated rings. The Bertz CT molecular complexity index is 391. The van der Waals surface area contributed by atoms with Crippen molar-refractivity contribution >= 4 is 5.82 Å². The SMILES string of the molecule is Cc1cc(C)c(CO)c(N(C)CCCN(C)C)n1. The third-order valence-electron chi connectivity index (χ3n) is 3.07. The van der Waals surface area contributed by atoms with Gasteiger partial charge in [-0.25, -0.2) is 4.98 Å². The Hall–Kier alpha value is -1.13. The number of hydrogen-bond donors (Lipinski definition) is 1. The summed E-state index contributed by atoms with van der Waals surface area (Å²) in [7, 11) is 6.19. The van der Waals surface area contributed by atoms with Gasteiger partial charge in [0.1, 0.15) is 5.82 Å². The molecule has 0 amide bonds. The van der Waals surface area contributed by atoms with Gasteiger partial charge in [0.2, 0.25) is 0 Å². The molecule has 0 atom stereocenters. The summed E-state index contributed by atoms with van der Waals surface area (Å²) in [6.07, 6.45) is 1.09. The van der Waals surface area contributed by atoms with E-state index < -0.39 is 0 Å². The zero-order valence-electron chi connectivity index (χ0n) is 12.2. The first-order chi connectivity index (χ1) is 8.45. The van der Waals surface area contributed by atoms with E-state index in [0.29, 0.717) is 0 Å². The molecule has 102 valence electrons. The van der Waals surface area contributed by atoms with Crippen LogP contribution in [0.15, 0.2) is 6.07 Å². The second kappa shape index (κ2) is 6.71. The van der Waals surface area contributed by atoms with Crippen LogP contribution < -0.4 is 4.90 Å². The summed E-state index contributed by atoms with van der Waals surface area (Å²) in [5.41, 5.74) is 3.05. The van der Waals surface area contributed by atoms with Gasteiger partial charge in [-0.2, -0.15) is 0 Å². The number of aryl methyl sites for hydroxylation is 2. The molecule has 18 heavy (non-hydrogen) atoms. The van der Waals surface area contributed by atoms with Crippen molar-refractivity contribution in [3.63, 3.8) is 0 Å². The van der Waals surface area contributed by atoms with Crippen molar-refractivity contribution in [3.05, 3.63) is 22.9 Å². The van der Waals surface area contributed by atoms with Crippen LogP contribution in [0.2, 0.25) is 0 Å². The van der Waals surface area contributed by atoms with E-state index in [1.165, 1.54) is 0 Å². The Morgan fingerprint density at radius 2 is 1.83 bits per heavy atom. The van der Waals surface area contributed by atoms with Crippen LogP contribution >= 0.6 is 0 Å². The first-order valence-corrected chi connectivity index (χ1v) is 6.39. The molecule has 0 saturated carbocycles. The van der Waals surface area contributed by atoms with Crippen molar-refractivity contribution in [2.75, 3.05) is 39.1 Å². The third kappa shape index (κ3) is 3.96. The highest BCUT2D eigenvalue weighted by molar-refractivity contribution is 5.50. The average Bonchev–Trinajstić information content (AvgIpc) is 2.27. The molecule has 1 heterocycles. The van der Waals surface area contributed by atoms with Crippen LogP contribution in [0.1, 0.15) is 23.2 Å². The van der Waals surface area contributed by atoms with Gasteiger partial charge in [-0.05, 0) is 52.5 Å². The van der Waals surface area contributed by atoms with Crippen molar-refractivity contribution < 1.29 is 5.11 Å². The van der Waals surface area contributed by atoms with Gasteiger partial charge >= 0.3 is 0 Å². The molecular weight excluding hydrogens is 226 g/mol. The fraction of sp³-hybridized carbons (Fsp3) is 0.643. The fourth-order valence-electron chi connectivity index (χ4n) is 2.08. The Morgan fingerprint density at radius 3 is 2.39 bits per heavy atom. The summed E-state index contributed by atoms with van der Waals surface area (Å²) >= 11 is 0. The average molecular weight is 251 g/mol. The lowest BCUT2D eigenvalue weighted by Crippen LogP contribution is -2.25. The molecular formula is C14H25N3O. The van der Waals surface area contributed by atoms with E-state index in [-0.39, 0.29) is 6.61 Å². The molecule has 1 N–H and O–H groups in total. The van der Waals surface area contributed by atoms with E-state index >= 15 is 0 Å². The molecule has 0 radical (unpaired) electrons. The first kappa shape index (κ1) is 14.9. The predicted octanol–water partition coefficient (Wildman–Crippen LogP) is 1.58. The van der Waals surface area contributed by atoms with E-state index in [4.69, 9.17) is 0 Å². The number of hydrogen-bond acceptors (Lipinski definition) is 4. The number of pyridine rings is 1. The number of aliphatic hydroxyl groups excluding tert-OH is 1. The van der Waals surface area contributed by atoms with E-state index in [9.17, 15) is 5.11 Å². The van der Waals surface area contributed by atoms with Crippen LogP contribution in [-0.2, 0) is 6.61 Å². The number of aliphatic hydroxyl groups is 1. The molecule has 1 rings (SSSR count). The number of rotatable bonds is 6. The maximum Gasteiger partial charge on any atom is 0.134 e. The normalized spacial score (nSPS) is 11.1. The maximum absolute atomic E-state index is 9.48. The summed E-state index contributed by atoms with van der Waals surface area (Å²) in [6, 6.07) is 2.02. The van der Waals surface area contributed by atoms with Gasteiger partial charge in [0, 0.05) is 24.8 Å². The highest BCUT2D eigenvalue weighted by Gasteiger charge is 2.12. The zero-order chi connectivity index (χ0) is 13.7. The zero-order valence-corrected chi connectivity index (χ0v) is 12.2. The van der Waals surface area contributed by atoms with Gasteiger partial charge in [0.15, 0.2) is 0 Å². The highest BCUT2D eigenvalue weighted by Crippen LogP contribution is 2.21. The molecule has 0 aromatic carbocycles. The second-order valence-electron chi connectivity index (χ2n) is 5.12. The van der Waals surface area contributed by atoms with Crippen LogP contribution in [0.25, 0.3) is 0 Å².